The molecule has 16 heavy (non-hydrogen) atoms. The van der Waals surface area contributed by atoms with E-state index in [9.17, 15) is 0 Å². The fourth-order valence-electron chi connectivity index (χ4n) is 3.06. The molecule has 0 nitrogen and oxygen atoms in total. The summed E-state index contributed by atoms with van der Waals surface area (Å²) in [6, 6.07) is 0. The summed E-state index contributed by atoms with van der Waals surface area (Å²) >= 11 is 3.84. The van der Waals surface area contributed by atoms with E-state index in [2.05, 4.69) is 29.8 Å². The molecule has 3 unspecified atom stereocenters. The minimum atomic E-state index is 0.809. The zero-order valence-electron chi connectivity index (χ0n) is 11.2. The van der Waals surface area contributed by atoms with Crippen LogP contribution in [0.2, 0.25) is 0 Å². The van der Waals surface area contributed by atoms with Crippen LogP contribution in [0.3, 0.4) is 0 Å². The van der Waals surface area contributed by atoms with E-state index in [0.29, 0.717) is 0 Å². The van der Waals surface area contributed by atoms with Crippen molar-refractivity contribution in [2.24, 2.45) is 11.8 Å². The predicted octanol–water partition coefficient (Wildman–Crippen LogP) is 5.94. The molecule has 0 saturated heterocycles. The van der Waals surface area contributed by atoms with E-state index in [0.717, 1.165) is 16.7 Å². The maximum Gasteiger partial charge on any atom is 0.0148 e. The molecule has 0 spiro atoms. The SMILES string of the molecule is CCCCC(CC)CC1CCCCC(Br)C1. The smallest absolute Gasteiger partial charge is 0.0148 e. The van der Waals surface area contributed by atoms with Crippen LogP contribution in [0.1, 0.15) is 78.1 Å². The van der Waals surface area contributed by atoms with Crippen molar-refractivity contribution in [3.8, 4) is 0 Å². The average molecular weight is 289 g/mol. The van der Waals surface area contributed by atoms with E-state index in [4.69, 9.17) is 0 Å². The van der Waals surface area contributed by atoms with Crippen LogP contribution < -0.4 is 0 Å². The van der Waals surface area contributed by atoms with Gasteiger partial charge in [0.05, 0.1) is 0 Å². The van der Waals surface area contributed by atoms with Gasteiger partial charge in [-0.3, -0.25) is 0 Å². The molecular formula is C15H29Br. The largest absolute Gasteiger partial charge is 0.0891 e. The molecule has 0 bridgehead atoms. The van der Waals surface area contributed by atoms with Crippen LogP contribution in [0, 0.1) is 11.8 Å². The van der Waals surface area contributed by atoms with Gasteiger partial charge in [0.25, 0.3) is 0 Å². The summed E-state index contributed by atoms with van der Waals surface area (Å²) in [5.41, 5.74) is 0. The molecule has 1 heteroatoms. The van der Waals surface area contributed by atoms with Gasteiger partial charge in [-0.1, -0.05) is 74.7 Å². The van der Waals surface area contributed by atoms with Crippen molar-refractivity contribution in [1.82, 2.24) is 0 Å². The predicted molar refractivity (Wildman–Crippen MR) is 77.2 cm³/mol. The molecule has 1 rings (SSSR count). The number of halogens is 1. The second-order valence-corrected chi connectivity index (χ2v) is 6.93. The summed E-state index contributed by atoms with van der Waals surface area (Å²) in [6.07, 6.45) is 14.4. The molecule has 0 heterocycles. The summed E-state index contributed by atoms with van der Waals surface area (Å²) in [7, 11) is 0. The Morgan fingerprint density at radius 1 is 1.19 bits per heavy atom. The first kappa shape index (κ1) is 14.5. The number of rotatable bonds is 6. The van der Waals surface area contributed by atoms with Gasteiger partial charge in [0.1, 0.15) is 0 Å². The monoisotopic (exact) mass is 288 g/mol. The summed E-state index contributed by atoms with van der Waals surface area (Å²) in [5, 5.41) is 0. The Morgan fingerprint density at radius 2 is 1.94 bits per heavy atom. The molecule has 96 valence electrons. The van der Waals surface area contributed by atoms with E-state index in [-0.39, 0.29) is 0 Å². The highest BCUT2D eigenvalue weighted by Gasteiger charge is 2.20. The summed E-state index contributed by atoms with van der Waals surface area (Å²) < 4.78 is 0. The third kappa shape index (κ3) is 5.70. The average Bonchev–Trinajstić information content (AvgIpc) is 2.48. The van der Waals surface area contributed by atoms with Gasteiger partial charge >= 0.3 is 0 Å². The van der Waals surface area contributed by atoms with Crippen LogP contribution in [0.5, 0.6) is 0 Å². The first-order chi connectivity index (χ1) is 7.76. The lowest BCUT2D eigenvalue weighted by atomic mass is 9.85. The fraction of sp³-hybridized carbons (Fsp3) is 1.00. The Morgan fingerprint density at radius 3 is 2.62 bits per heavy atom. The van der Waals surface area contributed by atoms with Gasteiger partial charge in [0.15, 0.2) is 0 Å². The lowest BCUT2D eigenvalue weighted by Gasteiger charge is -2.22. The zero-order valence-corrected chi connectivity index (χ0v) is 12.8. The topological polar surface area (TPSA) is 0 Å². The van der Waals surface area contributed by atoms with Crippen LogP contribution in [-0.2, 0) is 0 Å². The first-order valence-corrected chi connectivity index (χ1v) is 8.31. The molecule has 3 atom stereocenters. The Bertz CT molecular complexity index is 167. The Balaban J connectivity index is 2.31. The van der Waals surface area contributed by atoms with Crippen LogP contribution in [0.4, 0.5) is 0 Å². The molecule has 0 aromatic carbocycles. The third-order valence-electron chi connectivity index (χ3n) is 4.18. The van der Waals surface area contributed by atoms with Gasteiger partial charge in [-0.15, -0.1) is 0 Å². The number of hydrogen-bond acceptors (Lipinski definition) is 0. The first-order valence-electron chi connectivity index (χ1n) is 7.40. The summed E-state index contributed by atoms with van der Waals surface area (Å²) in [4.78, 5) is 0.809. The van der Waals surface area contributed by atoms with Gasteiger partial charge in [-0.05, 0) is 31.1 Å². The molecule has 1 aliphatic carbocycles. The standard InChI is InChI=1S/C15H29Br/c1-3-5-8-13(4-2)11-14-9-6-7-10-15(16)12-14/h13-15H,3-12H2,1-2H3. The van der Waals surface area contributed by atoms with E-state index >= 15 is 0 Å². The van der Waals surface area contributed by atoms with Crippen LogP contribution in [0.15, 0.2) is 0 Å². The Kier molecular flexibility index (Phi) is 7.77. The molecule has 1 fully saturated rings. The Hall–Kier alpha value is 0.480. The van der Waals surface area contributed by atoms with E-state index in [1.54, 1.807) is 0 Å². The van der Waals surface area contributed by atoms with Gasteiger partial charge in [0, 0.05) is 4.83 Å². The molecule has 0 amide bonds. The summed E-state index contributed by atoms with van der Waals surface area (Å²) in [5.74, 6) is 2.01. The van der Waals surface area contributed by atoms with Crippen molar-refractivity contribution in [1.29, 1.82) is 0 Å². The van der Waals surface area contributed by atoms with Crippen molar-refractivity contribution in [3.05, 3.63) is 0 Å². The second kappa shape index (κ2) is 8.55. The molecule has 0 aromatic rings. The normalized spacial score (nSPS) is 28.7. The van der Waals surface area contributed by atoms with Crippen molar-refractivity contribution < 1.29 is 0 Å². The van der Waals surface area contributed by atoms with Gasteiger partial charge in [-0.2, -0.15) is 0 Å². The lowest BCUT2D eigenvalue weighted by molar-refractivity contribution is 0.315. The molecule has 0 aliphatic heterocycles. The van der Waals surface area contributed by atoms with Gasteiger partial charge in [0.2, 0.25) is 0 Å². The van der Waals surface area contributed by atoms with E-state index in [1.807, 2.05) is 0 Å². The van der Waals surface area contributed by atoms with E-state index < -0.39 is 0 Å². The highest BCUT2D eigenvalue weighted by atomic mass is 79.9. The van der Waals surface area contributed by atoms with Gasteiger partial charge in [-0.25, -0.2) is 0 Å². The van der Waals surface area contributed by atoms with Gasteiger partial charge < -0.3 is 0 Å². The van der Waals surface area contributed by atoms with Crippen molar-refractivity contribution in [2.45, 2.75) is 82.9 Å². The maximum atomic E-state index is 3.84. The number of alkyl halides is 1. The van der Waals surface area contributed by atoms with Crippen molar-refractivity contribution in [3.63, 3.8) is 0 Å². The fourth-order valence-corrected chi connectivity index (χ4v) is 3.92. The molecule has 1 aliphatic rings. The molecular weight excluding hydrogens is 260 g/mol. The molecule has 0 radical (unpaired) electrons. The highest BCUT2D eigenvalue weighted by Crippen LogP contribution is 2.33. The van der Waals surface area contributed by atoms with Crippen molar-refractivity contribution in [2.75, 3.05) is 0 Å². The number of hydrogen-bond donors (Lipinski definition) is 0. The highest BCUT2D eigenvalue weighted by molar-refractivity contribution is 9.09. The Labute approximate surface area is 111 Å². The second-order valence-electron chi connectivity index (χ2n) is 5.64. The molecule has 0 aromatic heterocycles. The van der Waals surface area contributed by atoms with Crippen LogP contribution >= 0.6 is 15.9 Å². The molecule has 1 saturated carbocycles. The quantitative estimate of drug-likeness (QED) is 0.419. The third-order valence-corrected chi connectivity index (χ3v) is 5.01. The van der Waals surface area contributed by atoms with Crippen LogP contribution in [-0.4, -0.2) is 4.83 Å². The lowest BCUT2D eigenvalue weighted by Crippen LogP contribution is -2.11. The minimum Gasteiger partial charge on any atom is -0.0891 e. The number of unbranched alkanes of at least 4 members (excludes halogenated alkanes) is 1. The maximum absolute atomic E-state index is 3.84. The molecule has 0 N–H and O–H groups in total. The van der Waals surface area contributed by atoms with Crippen molar-refractivity contribution >= 4 is 15.9 Å². The van der Waals surface area contributed by atoms with E-state index in [1.165, 1.54) is 64.2 Å². The summed E-state index contributed by atoms with van der Waals surface area (Å²) in [6.45, 7) is 4.69. The van der Waals surface area contributed by atoms with Crippen LogP contribution in [0.25, 0.3) is 0 Å². The zero-order chi connectivity index (χ0) is 11.8. The minimum absolute atomic E-state index is 0.809.